The number of thioether (sulfide) groups is 1. The Morgan fingerprint density at radius 3 is 2.80 bits per heavy atom. The van der Waals surface area contributed by atoms with Crippen molar-refractivity contribution in [1.29, 1.82) is 5.26 Å². The van der Waals surface area contributed by atoms with Gasteiger partial charge in [-0.05, 0) is 42.5 Å². The predicted octanol–water partition coefficient (Wildman–Crippen LogP) is 2.74. The molecular formula is C17H14N4O3S. The van der Waals surface area contributed by atoms with E-state index in [9.17, 15) is 10.1 Å². The Hall–Kier alpha value is -3.05. The van der Waals surface area contributed by atoms with Gasteiger partial charge in [-0.15, -0.1) is 0 Å². The van der Waals surface area contributed by atoms with Crippen molar-refractivity contribution in [2.24, 2.45) is 9.98 Å². The molecule has 1 amide bonds. The maximum atomic E-state index is 12.7. The second-order valence-corrected chi connectivity index (χ2v) is 5.87. The number of methoxy groups -OCH3 is 1. The number of hydrogen-bond acceptors (Lipinski definition) is 7. The van der Waals surface area contributed by atoms with E-state index in [1.54, 1.807) is 25.3 Å². The third kappa shape index (κ3) is 3.27. The van der Waals surface area contributed by atoms with Crippen LogP contribution >= 0.6 is 11.8 Å². The standard InChI is InChI=1S/C17H14N4O3S/c1-3-24-10-19-15-14(9-18)25-17-20-13(16(22)21(15)17)8-11-4-6-12(23-2)7-5-11/h4-8,10H,3H2,1-2H3/b13-8?,19-10+. The summed E-state index contributed by atoms with van der Waals surface area (Å²) in [6, 6.07) is 9.31. The van der Waals surface area contributed by atoms with Crippen LogP contribution in [0.25, 0.3) is 6.08 Å². The third-order valence-electron chi connectivity index (χ3n) is 3.37. The van der Waals surface area contributed by atoms with Crippen LogP contribution in [0.5, 0.6) is 5.75 Å². The Morgan fingerprint density at radius 2 is 2.16 bits per heavy atom. The van der Waals surface area contributed by atoms with E-state index in [2.05, 4.69) is 9.98 Å². The lowest BCUT2D eigenvalue weighted by Crippen LogP contribution is -2.25. The largest absolute Gasteiger partial charge is 0.497 e. The first kappa shape index (κ1) is 16.8. The highest BCUT2D eigenvalue weighted by Crippen LogP contribution is 2.39. The van der Waals surface area contributed by atoms with E-state index in [1.807, 2.05) is 25.1 Å². The van der Waals surface area contributed by atoms with Gasteiger partial charge in [0.25, 0.3) is 5.91 Å². The number of nitriles is 1. The van der Waals surface area contributed by atoms with Gasteiger partial charge in [-0.2, -0.15) is 5.26 Å². The van der Waals surface area contributed by atoms with Gasteiger partial charge in [0, 0.05) is 0 Å². The fourth-order valence-corrected chi connectivity index (χ4v) is 3.07. The van der Waals surface area contributed by atoms with Gasteiger partial charge in [0.2, 0.25) is 0 Å². The molecule has 25 heavy (non-hydrogen) atoms. The first-order valence-corrected chi connectivity index (χ1v) is 8.24. The monoisotopic (exact) mass is 354 g/mol. The summed E-state index contributed by atoms with van der Waals surface area (Å²) in [4.78, 5) is 22.7. The molecule has 0 N–H and O–H groups in total. The molecule has 0 fully saturated rings. The van der Waals surface area contributed by atoms with Crippen LogP contribution in [0, 0.1) is 11.3 Å². The Kier molecular flexibility index (Phi) is 4.86. The number of amides is 1. The quantitative estimate of drug-likeness (QED) is 0.461. The van der Waals surface area contributed by atoms with Gasteiger partial charge >= 0.3 is 0 Å². The minimum absolute atomic E-state index is 0.239. The van der Waals surface area contributed by atoms with E-state index in [-0.39, 0.29) is 17.4 Å². The topological polar surface area (TPSA) is 87.3 Å². The highest BCUT2D eigenvalue weighted by atomic mass is 32.2. The smallest absolute Gasteiger partial charge is 0.284 e. The molecular weight excluding hydrogens is 340 g/mol. The highest BCUT2D eigenvalue weighted by Gasteiger charge is 2.41. The third-order valence-corrected chi connectivity index (χ3v) is 4.31. The molecule has 0 bridgehead atoms. The fourth-order valence-electron chi connectivity index (χ4n) is 2.20. The van der Waals surface area contributed by atoms with Gasteiger partial charge in [0.1, 0.15) is 22.4 Å². The lowest BCUT2D eigenvalue weighted by Gasteiger charge is -2.09. The molecule has 1 aromatic rings. The SMILES string of the molecule is CCO/C=N/C1=C(C#N)SC2=NC(=Cc3ccc(OC)cc3)C(=O)N21. The maximum Gasteiger partial charge on any atom is 0.284 e. The van der Waals surface area contributed by atoms with Crippen LogP contribution in [0.2, 0.25) is 0 Å². The molecule has 0 saturated heterocycles. The second-order valence-electron chi connectivity index (χ2n) is 4.89. The van der Waals surface area contributed by atoms with E-state index < -0.39 is 0 Å². The number of benzene rings is 1. The summed E-state index contributed by atoms with van der Waals surface area (Å²) < 4.78 is 10.2. The Morgan fingerprint density at radius 1 is 1.40 bits per heavy atom. The summed E-state index contributed by atoms with van der Waals surface area (Å²) in [5, 5.41) is 9.64. The zero-order valence-corrected chi connectivity index (χ0v) is 14.4. The molecule has 0 radical (unpaired) electrons. The summed E-state index contributed by atoms with van der Waals surface area (Å²) >= 11 is 1.11. The normalized spacial score (nSPS) is 18.0. The van der Waals surface area contributed by atoms with Crippen LogP contribution in [0.4, 0.5) is 0 Å². The molecule has 3 rings (SSSR count). The van der Waals surface area contributed by atoms with Gasteiger partial charge in [-0.3, -0.25) is 4.79 Å². The van der Waals surface area contributed by atoms with Crippen LogP contribution in [-0.4, -0.2) is 36.1 Å². The number of carbonyl (C=O) groups is 1. The molecule has 2 aliphatic rings. The van der Waals surface area contributed by atoms with Crippen molar-refractivity contribution in [2.45, 2.75) is 6.92 Å². The molecule has 2 aliphatic heterocycles. The molecule has 2 heterocycles. The number of allylic oxidation sites excluding steroid dienone is 1. The lowest BCUT2D eigenvalue weighted by molar-refractivity contribution is -0.121. The van der Waals surface area contributed by atoms with Gasteiger partial charge in [-0.25, -0.2) is 14.9 Å². The molecule has 0 saturated carbocycles. The van der Waals surface area contributed by atoms with Gasteiger partial charge in [0.15, 0.2) is 17.4 Å². The number of nitrogens with zero attached hydrogens (tertiary/aromatic N) is 4. The van der Waals surface area contributed by atoms with Crippen molar-refractivity contribution < 1.29 is 14.3 Å². The Bertz CT molecular complexity index is 863. The Balaban J connectivity index is 1.87. The molecule has 0 aromatic heterocycles. The number of ether oxygens (including phenoxy) is 2. The molecule has 0 aliphatic carbocycles. The zero-order valence-electron chi connectivity index (χ0n) is 13.6. The van der Waals surface area contributed by atoms with Gasteiger partial charge < -0.3 is 9.47 Å². The summed E-state index contributed by atoms with van der Waals surface area (Å²) in [6.45, 7) is 2.27. The summed E-state index contributed by atoms with van der Waals surface area (Å²) in [5.74, 6) is 0.645. The van der Waals surface area contributed by atoms with E-state index >= 15 is 0 Å². The van der Waals surface area contributed by atoms with Crippen molar-refractivity contribution in [2.75, 3.05) is 13.7 Å². The number of amidine groups is 1. The van der Waals surface area contributed by atoms with Crippen LogP contribution in [0.3, 0.4) is 0 Å². The van der Waals surface area contributed by atoms with Gasteiger partial charge in [0.05, 0.1) is 13.7 Å². The van der Waals surface area contributed by atoms with Crippen molar-refractivity contribution in [1.82, 2.24) is 4.90 Å². The van der Waals surface area contributed by atoms with E-state index in [4.69, 9.17) is 9.47 Å². The van der Waals surface area contributed by atoms with Crippen LogP contribution < -0.4 is 4.74 Å². The van der Waals surface area contributed by atoms with E-state index in [1.165, 1.54) is 11.3 Å². The van der Waals surface area contributed by atoms with E-state index in [0.29, 0.717) is 16.7 Å². The number of hydrogen-bond donors (Lipinski definition) is 0. The average Bonchev–Trinajstić information content (AvgIpc) is 3.13. The first-order chi connectivity index (χ1) is 12.2. The average molecular weight is 354 g/mol. The summed E-state index contributed by atoms with van der Waals surface area (Å²) in [6.07, 6.45) is 2.91. The second kappa shape index (κ2) is 7.23. The first-order valence-electron chi connectivity index (χ1n) is 7.43. The molecule has 0 unspecified atom stereocenters. The lowest BCUT2D eigenvalue weighted by atomic mass is 10.2. The molecule has 0 spiro atoms. The van der Waals surface area contributed by atoms with Gasteiger partial charge in [-0.1, -0.05) is 12.1 Å². The summed E-state index contributed by atoms with van der Waals surface area (Å²) in [7, 11) is 1.59. The maximum absolute atomic E-state index is 12.7. The van der Waals surface area contributed by atoms with Crippen LogP contribution in [-0.2, 0) is 9.53 Å². The number of rotatable bonds is 5. The van der Waals surface area contributed by atoms with Crippen molar-refractivity contribution in [3.63, 3.8) is 0 Å². The predicted molar refractivity (Wildman–Crippen MR) is 95.6 cm³/mol. The fraction of sp³-hybridized carbons (Fsp3) is 0.176. The van der Waals surface area contributed by atoms with Crippen LogP contribution in [0.1, 0.15) is 12.5 Å². The molecule has 0 atom stereocenters. The Labute approximate surface area is 149 Å². The minimum Gasteiger partial charge on any atom is -0.497 e. The molecule has 7 nitrogen and oxygen atoms in total. The minimum atomic E-state index is -0.327. The number of aliphatic imine (C=N–C) groups is 2. The van der Waals surface area contributed by atoms with Crippen molar-refractivity contribution in [3.05, 3.63) is 46.3 Å². The molecule has 8 heteroatoms. The highest BCUT2D eigenvalue weighted by molar-refractivity contribution is 8.17. The number of fused-ring (bicyclic) bond motifs is 1. The molecule has 126 valence electrons. The molecule has 1 aromatic carbocycles. The van der Waals surface area contributed by atoms with Crippen molar-refractivity contribution in [3.8, 4) is 11.8 Å². The summed E-state index contributed by atoms with van der Waals surface area (Å²) in [5.41, 5.74) is 1.11. The van der Waals surface area contributed by atoms with Crippen molar-refractivity contribution >= 4 is 35.3 Å². The van der Waals surface area contributed by atoms with E-state index in [0.717, 1.165) is 23.1 Å². The van der Waals surface area contributed by atoms with Crippen LogP contribution in [0.15, 0.2) is 50.7 Å². The number of carbonyl (C=O) groups excluding carboxylic acids is 1. The zero-order chi connectivity index (χ0) is 17.8.